The van der Waals surface area contributed by atoms with Crippen molar-refractivity contribution in [3.63, 3.8) is 0 Å². The van der Waals surface area contributed by atoms with E-state index in [0.29, 0.717) is 28.7 Å². The standard InChI is InChI=1S/C18H14N2O6S/c1-10-2-4-12(26-10)7-15-17(22)20(18(23)27-15)8-16(21)19-11-3-5-13-14(6-11)25-9-24-13/h2-7H,8-9H2,1H3,(H,19,21)/b15-7+. The van der Waals surface area contributed by atoms with Crippen LogP contribution in [0.2, 0.25) is 0 Å². The lowest BCUT2D eigenvalue weighted by Crippen LogP contribution is -2.36. The summed E-state index contributed by atoms with van der Waals surface area (Å²) in [5, 5.41) is 2.14. The van der Waals surface area contributed by atoms with Gasteiger partial charge in [0.2, 0.25) is 12.7 Å². The minimum atomic E-state index is -0.528. The highest BCUT2D eigenvalue weighted by molar-refractivity contribution is 8.18. The molecule has 2 aliphatic rings. The van der Waals surface area contributed by atoms with Crippen LogP contribution >= 0.6 is 11.8 Å². The molecule has 9 heteroatoms. The Bertz CT molecular complexity index is 980. The Morgan fingerprint density at radius 3 is 2.81 bits per heavy atom. The summed E-state index contributed by atoms with van der Waals surface area (Å²) in [5.74, 6) is 1.27. The van der Waals surface area contributed by atoms with Crippen molar-refractivity contribution in [2.45, 2.75) is 6.92 Å². The number of nitrogens with one attached hydrogen (secondary N) is 1. The summed E-state index contributed by atoms with van der Waals surface area (Å²) >= 11 is 0.772. The third-order valence-corrected chi connectivity index (χ3v) is 4.77. The number of hydrogen-bond acceptors (Lipinski definition) is 7. The van der Waals surface area contributed by atoms with Crippen molar-refractivity contribution in [1.29, 1.82) is 0 Å². The summed E-state index contributed by atoms with van der Waals surface area (Å²) < 4.78 is 15.8. The summed E-state index contributed by atoms with van der Waals surface area (Å²) in [6.07, 6.45) is 1.49. The van der Waals surface area contributed by atoms with Gasteiger partial charge in [0.05, 0.1) is 4.91 Å². The number of rotatable bonds is 4. The van der Waals surface area contributed by atoms with E-state index >= 15 is 0 Å². The second-order valence-electron chi connectivity index (χ2n) is 5.83. The molecule has 3 amide bonds. The van der Waals surface area contributed by atoms with Crippen LogP contribution in [0.15, 0.2) is 39.7 Å². The van der Waals surface area contributed by atoms with Crippen molar-refractivity contribution in [1.82, 2.24) is 4.90 Å². The van der Waals surface area contributed by atoms with Crippen LogP contribution < -0.4 is 14.8 Å². The van der Waals surface area contributed by atoms with Gasteiger partial charge in [0.1, 0.15) is 18.1 Å². The number of ether oxygens (including phenoxy) is 2. The highest BCUT2D eigenvalue weighted by Gasteiger charge is 2.36. The van der Waals surface area contributed by atoms with Crippen LogP contribution in [0.3, 0.4) is 0 Å². The van der Waals surface area contributed by atoms with E-state index in [1.54, 1.807) is 37.3 Å². The number of carbonyl (C=O) groups is 3. The molecule has 3 heterocycles. The van der Waals surface area contributed by atoms with Crippen molar-refractivity contribution in [3.05, 3.63) is 46.8 Å². The maximum absolute atomic E-state index is 12.4. The molecular formula is C18H14N2O6S. The first-order valence-corrected chi connectivity index (χ1v) is 8.82. The Hall–Kier alpha value is -3.20. The fourth-order valence-corrected chi connectivity index (χ4v) is 3.43. The van der Waals surface area contributed by atoms with E-state index in [0.717, 1.165) is 16.7 Å². The van der Waals surface area contributed by atoms with Gasteiger partial charge in [-0.1, -0.05) is 0 Å². The van der Waals surface area contributed by atoms with E-state index in [9.17, 15) is 14.4 Å². The number of aryl methyl sites for hydroxylation is 1. The number of furan rings is 1. The van der Waals surface area contributed by atoms with Gasteiger partial charge in [0, 0.05) is 17.8 Å². The molecule has 0 bridgehead atoms. The van der Waals surface area contributed by atoms with Gasteiger partial charge in [0.15, 0.2) is 11.5 Å². The van der Waals surface area contributed by atoms with Crippen molar-refractivity contribution in [2.75, 3.05) is 18.7 Å². The third kappa shape index (κ3) is 3.54. The predicted octanol–water partition coefficient (Wildman–Crippen LogP) is 2.99. The zero-order chi connectivity index (χ0) is 19.0. The molecule has 0 aliphatic carbocycles. The molecule has 1 saturated heterocycles. The highest BCUT2D eigenvalue weighted by Crippen LogP contribution is 2.35. The molecule has 2 aliphatic heterocycles. The summed E-state index contributed by atoms with van der Waals surface area (Å²) in [6, 6.07) is 8.40. The topological polar surface area (TPSA) is 98.1 Å². The van der Waals surface area contributed by atoms with E-state index in [1.165, 1.54) is 6.08 Å². The number of fused-ring (bicyclic) bond motifs is 1. The molecule has 0 unspecified atom stereocenters. The normalized spacial score (nSPS) is 17.1. The van der Waals surface area contributed by atoms with Gasteiger partial charge in [-0.3, -0.25) is 19.3 Å². The fourth-order valence-electron chi connectivity index (χ4n) is 2.61. The van der Waals surface area contributed by atoms with E-state index in [4.69, 9.17) is 13.9 Å². The Morgan fingerprint density at radius 2 is 2.04 bits per heavy atom. The Kier molecular flexibility index (Phi) is 4.36. The lowest BCUT2D eigenvalue weighted by molar-refractivity contribution is -0.127. The number of imide groups is 1. The smallest absolute Gasteiger partial charge is 0.294 e. The molecule has 0 saturated carbocycles. The highest BCUT2D eigenvalue weighted by atomic mass is 32.2. The molecule has 4 rings (SSSR count). The predicted molar refractivity (Wildman–Crippen MR) is 97.3 cm³/mol. The van der Waals surface area contributed by atoms with Crippen LogP contribution in [0.1, 0.15) is 11.5 Å². The van der Waals surface area contributed by atoms with E-state index < -0.39 is 17.1 Å². The second kappa shape index (κ2) is 6.84. The molecule has 138 valence electrons. The Labute approximate surface area is 158 Å². The molecule has 27 heavy (non-hydrogen) atoms. The minimum Gasteiger partial charge on any atom is -0.462 e. The maximum Gasteiger partial charge on any atom is 0.294 e. The van der Waals surface area contributed by atoms with Crippen molar-refractivity contribution < 1.29 is 28.3 Å². The van der Waals surface area contributed by atoms with Crippen LogP contribution in [0.25, 0.3) is 6.08 Å². The lowest BCUT2D eigenvalue weighted by atomic mass is 10.2. The van der Waals surface area contributed by atoms with Crippen LogP contribution in [-0.4, -0.2) is 35.3 Å². The van der Waals surface area contributed by atoms with Crippen LogP contribution in [0.4, 0.5) is 10.5 Å². The summed E-state index contributed by atoms with van der Waals surface area (Å²) in [5.41, 5.74) is 0.484. The fraction of sp³-hybridized carbons (Fsp3) is 0.167. The van der Waals surface area contributed by atoms with Gasteiger partial charge in [0.25, 0.3) is 11.1 Å². The number of carbonyl (C=O) groups excluding carboxylic acids is 3. The summed E-state index contributed by atoms with van der Waals surface area (Å²) in [6.45, 7) is 1.53. The Balaban J connectivity index is 1.42. The van der Waals surface area contributed by atoms with E-state index in [1.807, 2.05) is 0 Å². The van der Waals surface area contributed by atoms with Gasteiger partial charge < -0.3 is 19.2 Å². The van der Waals surface area contributed by atoms with Crippen LogP contribution in [0, 0.1) is 6.92 Å². The van der Waals surface area contributed by atoms with Gasteiger partial charge in [-0.25, -0.2) is 0 Å². The van der Waals surface area contributed by atoms with Crippen molar-refractivity contribution in [2.24, 2.45) is 0 Å². The van der Waals surface area contributed by atoms with Gasteiger partial charge in [-0.2, -0.15) is 0 Å². The number of thioether (sulfide) groups is 1. The molecule has 0 atom stereocenters. The van der Waals surface area contributed by atoms with Crippen LogP contribution in [0.5, 0.6) is 11.5 Å². The molecule has 1 aromatic carbocycles. The summed E-state index contributed by atoms with van der Waals surface area (Å²) in [4.78, 5) is 37.9. The Morgan fingerprint density at radius 1 is 1.22 bits per heavy atom. The monoisotopic (exact) mass is 386 g/mol. The molecule has 8 nitrogen and oxygen atoms in total. The second-order valence-corrected chi connectivity index (χ2v) is 6.83. The number of anilines is 1. The molecule has 1 N–H and O–H groups in total. The zero-order valence-electron chi connectivity index (χ0n) is 14.2. The molecule has 1 fully saturated rings. The van der Waals surface area contributed by atoms with Gasteiger partial charge in [-0.05, 0) is 43.0 Å². The van der Waals surface area contributed by atoms with Crippen molar-refractivity contribution in [3.8, 4) is 11.5 Å². The lowest BCUT2D eigenvalue weighted by Gasteiger charge is -2.12. The van der Waals surface area contributed by atoms with E-state index in [2.05, 4.69) is 5.32 Å². The third-order valence-electron chi connectivity index (χ3n) is 3.87. The van der Waals surface area contributed by atoms with Crippen LogP contribution in [-0.2, 0) is 9.59 Å². The maximum atomic E-state index is 12.4. The number of nitrogens with zero attached hydrogens (tertiary/aromatic N) is 1. The zero-order valence-corrected chi connectivity index (χ0v) is 15.0. The van der Waals surface area contributed by atoms with E-state index in [-0.39, 0.29) is 18.2 Å². The first-order chi connectivity index (χ1) is 13.0. The molecular weight excluding hydrogens is 372 g/mol. The minimum absolute atomic E-state index is 0.130. The summed E-state index contributed by atoms with van der Waals surface area (Å²) in [7, 11) is 0. The number of hydrogen-bond donors (Lipinski definition) is 1. The SMILES string of the molecule is Cc1ccc(/C=C2/SC(=O)N(CC(=O)Nc3ccc4c(c3)OCO4)C2=O)o1. The average Bonchev–Trinajstić information content (AvgIpc) is 3.31. The van der Waals surface area contributed by atoms with Gasteiger partial charge in [-0.15, -0.1) is 0 Å². The first kappa shape index (κ1) is 17.2. The average molecular weight is 386 g/mol. The van der Waals surface area contributed by atoms with Gasteiger partial charge >= 0.3 is 0 Å². The first-order valence-electron chi connectivity index (χ1n) is 8.01. The number of amides is 3. The molecule has 0 spiro atoms. The molecule has 1 aromatic heterocycles. The molecule has 0 radical (unpaired) electrons. The van der Waals surface area contributed by atoms with Crippen molar-refractivity contribution >= 4 is 40.6 Å². The quantitative estimate of drug-likeness (QED) is 0.807. The number of benzene rings is 1. The largest absolute Gasteiger partial charge is 0.462 e. The molecule has 2 aromatic rings.